The molecule has 2 aromatic rings. The van der Waals surface area contributed by atoms with Crippen LogP contribution in [0.25, 0.3) is 0 Å². The number of thiazole rings is 1. The summed E-state index contributed by atoms with van der Waals surface area (Å²) in [6, 6.07) is 7.82. The number of carbonyl (C=O) groups excluding carboxylic acids is 1. The van der Waals surface area contributed by atoms with Crippen LogP contribution in [0.1, 0.15) is 29.1 Å². The molecular formula is C20H27N5O2S. The van der Waals surface area contributed by atoms with Crippen LogP contribution in [0, 0.1) is 6.92 Å². The van der Waals surface area contributed by atoms with Crippen LogP contribution in [0.2, 0.25) is 0 Å². The van der Waals surface area contributed by atoms with Gasteiger partial charge in [0.2, 0.25) is 0 Å². The predicted molar refractivity (Wildman–Crippen MR) is 113 cm³/mol. The molecule has 1 aromatic carbocycles. The Morgan fingerprint density at radius 3 is 3.00 bits per heavy atom. The number of rotatable bonds is 6. The number of aryl methyl sites for hydroxylation is 1. The van der Waals surface area contributed by atoms with E-state index in [4.69, 9.17) is 4.74 Å². The Kier molecular flexibility index (Phi) is 7.00. The fraction of sp³-hybridized carbons (Fsp3) is 0.450. The van der Waals surface area contributed by atoms with E-state index in [2.05, 4.69) is 26.0 Å². The maximum Gasteiger partial charge on any atom is 0.253 e. The van der Waals surface area contributed by atoms with Gasteiger partial charge < -0.3 is 20.3 Å². The van der Waals surface area contributed by atoms with Crippen LogP contribution in [0.4, 0.5) is 5.69 Å². The second kappa shape index (κ2) is 9.66. The van der Waals surface area contributed by atoms with Gasteiger partial charge in [0.1, 0.15) is 6.10 Å². The highest BCUT2D eigenvalue weighted by Gasteiger charge is 2.23. The van der Waals surface area contributed by atoms with E-state index in [1.807, 2.05) is 43.1 Å². The largest absolute Gasteiger partial charge is 0.368 e. The standard InChI is InChI=1S/C20H27N5O2S/c1-14-23-17(13-28-14)12-25(3)20(21-2)22-11-15-6-4-7-16(10-15)24-19(26)18-8-5-9-27-18/h4,6-7,10,13,18H,5,8-9,11-12H2,1-3H3,(H,21,22)(H,24,26). The van der Waals surface area contributed by atoms with E-state index in [0.717, 1.165) is 40.8 Å². The van der Waals surface area contributed by atoms with Crippen LogP contribution >= 0.6 is 11.3 Å². The molecule has 1 aliphatic rings. The number of guanidine groups is 1. The van der Waals surface area contributed by atoms with Crippen LogP contribution < -0.4 is 10.6 Å². The van der Waals surface area contributed by atoms with Crippen LogP contribution in [0.5, 0.6) is 0 Å². The highest BCUT2D eigenvalue weighted by Crippen LogP contribution is 2.16. The maximum absolute atomic E-state index is 12.2. The van der Waals surface area contributed by atoms with Gasteiger partial charge in [0.15, 0.2) is 5.96 Å². The molecule has 0 aliphatic carbocycles. The number of carbonyl (C=O) groups is 1. The summed E-state index contributed by atoms with van der Waals surface area (Å²) < 4.78 is 5.44. The van der Waals surface area contributed by atoms with Gasteiger partial charge >= 0.3 is 0 Å². The summed E-state index contributed by atoms with van der Waals surface area (Å²) in [5.74, 6) is 0.719. The Balaban J connectivity index is 1.54. The number of nitrogens with zero attached hydrogens (tertiary/aromatic N) is 3. The average Bonchev–Trinajstić information content (AvgIpc) is 3.34. The van der Waals surface area contributed by atoms with Crippen molar-refractivity contribution in [1.82, 2.24) is 15.2 Å². The van der Waals surface area contributed by atoms with Crippen LogP contribution in [0.3, 0.4) is 0 Å². The zero-order valence-electron chi connectivity index (χ0n) is 16.6. The molecule has 1 fully saturated rings. The first-order chi connectivity index (χ1) is 13.5. The van der Waals surface area contributed by atoms with Crippen molar-refractivity contribution >= 4 is 28.9 Å². The molecule has 8 heteroatoms. The van der Waals surface area contributed by atoms with E-state index in [1.165, 1.54) is 0 Å². The quantitative estimate of drug-likeness (QED) is 0.575. The van der Waals surface area contributed by atoms with Crippen molar-refractivity contribution in [2.24, 2.45) is 4.99 Å². The van der Waals surface area contributed by atoms with Gasteiger partial charge in [-0.05, 0) is 37.5 Å². The molecule has 7 nitrogen and oxygen atoms in total. The summed E-state index contributed by atoms with van der Waals surface area (Å²) >= 11 is 1.65. The van der Waals surface area contributed by atoms with E-state index in [0.29, 0.717) is 19.7 Å². The van der Waals surface area contributed by atoms with Crippen molar-refractivity contribution in [3.63, 3.8) is 0 Å². The summed E-state index contributed by atoms with van der Waals surface area (Å²) in [5, 5.41) is 9.44. The van der Waals surface area contributed by atoms with Gasteiger partial charge in [-0.3, -0.25) is 9.79 Å². The van der Waals surface area contributed by atoms with E-state index < -0.39 is 0 Å². The lowest BCUT2D eigenvalue weighted by Gasteiger charge is -2.21. The third-order valence-electron chi connectivity index (χ3n) is 4.51. The molecule has 1 saturated heterocycles. The molecule has 1 amide bonds. The highest BCUT2D eigenvalue weighted by atomic mass is 32.1. The van der Waals surface area contributed by atoms with Crippen LogP contribution in [0.15, 0.2) is 34.6 Å². The van der Waals surface area contributed by atoms with E-state index in [-0.39, 0.29) is 12.0 Å². The molecule has 150 valence electrons. The van der Waals surface area contributed by atoms with E-state index in [1.54, 1.807) is 18.4 Å². The summed E-state index contributed by atoms with van der Waals surface area (Å²) in [6.07, 6.45) is 1.40. The number of aliphatic imine (C=N–C) groups is 1. The second-order valence-corrected chi connectivity index (χ2v) is 7.87. The number of benzene rings is 1. The molecule has 3 rings (SSSR count). The zero-order chi connectivity index (χ0) is 19.9. The Hall–Kier alpha value is -2.45. The number of amides is 1. The molecule has 0 bridgehead atoms. The SMILES string of the molecule is CN=C(NCc1cccc(NC(=O)C2CCCO2)c1)N(C)Cc1csc(C)n1. The number of ether oxygens (including phenoxy) is 1. The second-order valence-electron chi connectivity index (χ2n) is 6.81. The van der Waals surface area contributed by atoms with Gasteiger partial charge in [-0.25, -0.2) is 4.98 Å². The van der Waals surface area contributed by atoms with Gasteiger partial charge in [0.05, 0.1) is 17.2 Å². The lowest BCUT2D eigenvalue weighted by Crippen LogP contribution is -2.38. The van der Waals surface area contributed by atoms with Crippen molar-refractivity contribution in [1.29, 1.82) is 0 Å². The normalized spacial score (nSPS) is 16.8. The molecule has 2 heterocycles. The summed E-state index contributed by atoms with van der Waals surface area (Å²) in [5.41, 5.74) is 2.87. The third kappa shape index (κ3) is 5.53. The van der Waals surface area contributed by atoms with Crippen LogP contribution in [-0.4, -0.2) is 48.6 Å². The number of anilines is 1. The first kappa shape index (κ1) is 20.3. The summed E-state index contributed by atoms with van der Waals surface area (Å²) in [4.78, 5) is 23.1. The van der Waals surface area contributed by atoms with E-state index in [9.17, 15) is 4.79 Å². The first-order valence-electron chi connectivity index (χ1n) is 9.39. The lowest BCUT2D eigenvalue weighted by atomic mass is 10.2. The van der Waals surface area contributed by atoms with Gasteiger partial charge in [0.25, 0.3) is 5.91 Å². The smallest absolute Gasteiger partial charge is 0.253 e. The van der Waals surface area contributed by atoms with Crippen molar-refractivity contribution in [3.05, 3.63) is 45.9 Å². The number of hydrogen-bond donors (Lipinski definition) is 2. The van der Waals surface area contributed by atoms with Crippen molar-refractivity contribution < 1.29 is 9.53 Å². The minimum Gasteiger partial charge on any atom is -0.368 e. The molecule has 28 heavy (non-hydrogen) atoms. The number of aromatic nitrogens is 1. The minimum atomic E-state index is -0.330. The Morgan fingerprint density at radius 1 is 1.46 bits per heavy atom. The Labute approximate surface area is 169 Å². The molecule has 1 aliphatic heterocycles. The summed E-state index contributed by atoms with van der Waals surface area (Å²) in [6.45, 7) is 3.97. The number of hydrogen-bond acceptors (Lipinski definition) is 5. The average molecular weight is 402 g/mol. The molecule has 1 unspecified atom stereocenters. The Morgan fingerprint density at radius 2 is 2.32 bits per heavy atom. The fourth-order valence-corrected chi connectivity index (χ4v) is 3.73. The molecule has 0 spiro atoms. The monoisotopic (exact) mass is 401 g/mol. The number of nitrogens with one attached hydrogen (secondary N) is 2. The zero-order valence-corrected chi connectivity index (χ0v) is 17.4. The van der Waals surface area contributed by atoms with Gasteiger partial charge in [-0.2, -0.15) is 0 Å². The lowest BCUT2D eigenvalue weighted by molar-refractivity contribution is -0.124. The van der Waals surface area contributed by atoms with E-state index >= 15 is 0 Å². The van der Waals surface area contributed by atoms with Crippen molar-refractivity contribution in [2.45, 2.75) is 39.0 Å². The van der Waals surface area contributed by atoms with Gasteiger partial charge in [-0.15, -0.1) is 11.3 Å². The first-order valence-corrected chi connectivity index (χ1v) is 10.3. The predicted octanol–water partition coefficient (Wildman–Crippen LogP) is 2.78. The topological polar surface area (TPSA) is 78.8 Å². The molecule has 1 aromatic heterocycles. The van der Waals surface area contributed by atoms with Crippen molar-refractivity contribution in [2.75, 3.05) is 26.0 Å². The molecule has 1 atom stereocenters. The summed E-state index contributed by atoms with van der Waals surface area (Å²) in [7, 11) is 3.76. The third-order valence-corrected chi connectivity index (χ3v) is 5.33. The van der Waals surface area contributed by atoms with Gasteiger partial charge in [-0.1, -0.05) is 12.1 Å². The highest BCUT2D eigenvalue weighted by molar-refractivity contribution is 7.09. The molecule has 2 N–H and O–H groups in total. The van der Waals surface area contributed by atoms with Gasteiger partial charge in [0, 0.05) is 38.3 Å². The van der Waals surface area contributed by atoms with Crippen molar-refractivity contribution in [3.8, 4) is 0 Å². The maximum atomic E-state index is 12.2. The molecular weight excluding hydrogens is 374 g/mol. The molecule has 0 radical (unpaired) electrons. The Bertz CT molecular complexity index is 830. The fourth-order valence-electron chi connectivity index (χ4n) is 3.13. The minimum absolute atomic E-state index is 0.0725. The molecule has 0 saturated carbocycles. The van der Waals surface area contributed by atoms with Crippen LogP contribution in [-0.2, 0) is 22.6 Å².